The number of carboxylic acids is 1. The minimum atomic E-state index is -0.993. The number of nitrogens with zero attached hydrogens (tertiary/aromatic N) is 2. The number of nitrogens with one attached hydrogen (secondary N) is 1. The number of rotatable bonds is 6. The third kappa shape index (κ3) is 4.34. The van der Waals surface area contributed by atoms with Crippen LogP contribution in [0.5, 0.6) is 5.75 Å². The van der Waals surface area contributed by atoms with Crippen molar-refractivity contribution >= 4 is 17.6 Å². The van der Waals surface area contributed by atoms with Crippen molar-refractivity contribution in [3.63, 3.8) is 0 Å². The van der Waals surface area contributed by atoms with Crippen molar-refractivity contribution in [3.8, 4) is 5.75 Å². The van der Waals surface area contributed by atoms with Crippen molar-refractivity contribution in [2.45, 2.75) is 13.0 Å². The highest BCUT2D eigenvalue weighted by atomic mass is 16.5. The highest BCUT2D eigenvalue weighted by molar-refractivity contribution is 5.92. The summed E-state index contributed by atoms with van der Waals surface area (Å²) in [5.74, 6) is -0.514. The van der Waals surface area contributed by atoms with Gasteiger partial charge in [-0.25, -0.2) is 0 Å². The lowest BCUT2D eigenvalue weighted by Crippen LogP contribution is -2.14. The molecule has 2 rings (SSSR count). The molecule has 21 heavy (non-hydrogen) atoms. The van der Waals surface area contributed by atoms with Crippen LogP contribution in [0.1, 0.15) is 5.56 Å². The zero-order valence-corrected chi connectivity index (χ0v) is 11.4. The van der Waals surface area contributed by atoms with Gasteiger partial charge >= 0.3 is 5.97 Å². The van der Waals surface area contributed by atoms with Crippen molar-refractivity contribution in [3.05, 3.63) is 42.2 Å². The van der Waals surface area contributed by atoms with E-state index >= 15 is 0 Å². The monoisotopic (exact) mass is 289 g/mol. The largest absolute Gasteiger partial charge is 0.497 e. The summed E-state index contributed by atoms with van der Waals surface area (Å²) in [7, 11) is 1.57. The number of benzene rings is 1. The van der Waals surface area contributed by atoms with Gasteiger partial charge in [-0.1, -0.05) is 12.1 Å². The molecule has 0 aliphatic carbocycles. The van der Waals surface area contributed by atoms with E-state index in [1.165, 1.54) is 17.1 Å². The number of hydrogen-bond donors (Lipinski definition) is 2. The van der Waals surface area contributed by atoms with Crippen LogP contribution >= 0.6 is 0 Å². The first-order valence-corrected chi connectivity index (χ1v) is 6.24. The Balaban J connectivity index is 1.94. The molecule has 1 aromatic carbocycles. The maximum Gasteiger partial charge on any atom is 0.325 e. The first-order chi connectivity index (χ1) is 10.1. The Morgan fingerprint density at radius 1 is 1.43 bits per heavy atom. The topological polar surface area (TPSA) is 93.5 Å². The van der Waals surface area contributed by atoms with Gasteiger partial charge in [0.05, 0.1) is 25.4 Å². The van der Waals surface area contributed by atoms with Gasteiger partial charge < -0.3 is 15.2 Å². The summed E-state index contributed by atoms with van der Waals surface area (Å²) < 4.78 is 6.33. The molecule has 0 bridgehead atoms. The number of anilines is 1. The van der Waals surface area contributed by atoms with Crippen molar-refractivity contribution in [2.75, 3.05) is 12.4 Å². The lowest BCUT2D eigenvalue weighted by atomic mass is 10.1. The van der Waals surface area contributed by atoms with Gasteiger partial charge in [-0.15, -0.1) is 0 Å². The van der Waals surface area contributed by atoms with Crippen molar-refractivity contribution in [1.82, 2.24) is 9.78 Å². The second-order valence-corrected chi connectivity index (χ2v) is 4.40. The van der Waals surface area contributed by atoms with Crippen molar-refractivity contribution < 1.29 is 19.4 Å². The molecule has 1 heterocycles. The van der Waals surface area contributed by atoms with Crippen molar-refractivity contribution in [1.29, 1.82) is 0 Å². The lowest BCUT2D eigenvalue weighted by Gasteiger charge is -2.05. The molecule has 2 aromatic rings. The normalized spacial score (nSPS) is 10.1. The van der Waals surface area contributed by atoms with Gasteiger partial charge in [0.15, 0.2) is 0 Å². The highest BCUT2D eigenvalue weighted by Crippen LogP contribution is 2.13. The maximum atomic E-state index is 11.9. The second-order valence-electron chi connectivity index (χ2n) is 4.40. The van der Waals surface area contributed by atoms with Gasteiger partial charge in [-0.2, -0.15) is 5.10 Å². The summed E-state index contributed by atoms with van der Waals surface area (Å²) in [6.45, 7) is -0.244. The summed E-state index contributed by atoms with van der Waals surface area (Å²) in [4.78, 5) is 22.4. The van der Waals surface area contributed by atoms with E-state index in [9.17, 15) is 9.59 Å². The molecule has 0 spiro atoms. The van der Waals surface area contributed by atoms with E-state index in [1.54, 1.807) is 19.2 Å². The predicted molar refractivity (Wildman–Crippen MR) is 75.2 cm³/mol. The molecule has 7 heteroatoms. The molecule has 2 N–H and O–H groups in total. The standard InChI is InChI=1S/C14H15N3O4/c1-21-12-4-2-3-10(5-12)6-13(18)16-11-7-15-17(8-11)9-14(19)20/h2-5,7-8H,6,9H2,1H3,(H,16,18)(H,19,20). The number of carbonyl (C=O) groups is 2. The van der Waals surface area contributed by atoms with Gasteiger partial charge in [0.2, 0.25) is 5.91 Å². The van der Waals surface area contributed by atoms with Gasteiger partial charge in [0, 0.05) is 6.20 Å². The third-order valence-corrected chi connectivity index (χ3v) is 2.71. The summed E-state index contributed by atoms with van der Waals surface area (Å²) in [5, 5.41) is 15.2. The lowest BCUT2D eigenvalue weighted by molar-refractivity contribution is -0.137. The molecular formula is C14H15N3O4. The molecule has 0 aliphatic rings. The number of amides is 1. The fourth-order valence-corrected chi connectivity index (χ4v) is 1.83. The number of methoxy groups -OCH3 is 1. The van der Waals surface area contributed by atoms with Crippen molar-refractivity contribution in [2.24, 2.45) is 0 Å². The van der Waals surface area contributed by atoms with E-state index in [0.29, 0.717) is 11.4 Å². The smallest absolute Gasteiger partial charge is 0.325 e. The molecule has 0 saturated carbocycles. The van der Waals surface area contributed by atoms with E-state index in [-0.39, 0.29) is 18.9 Å². The van der Waals surface area contributed by atoms with E-state index < -0.39 is 5.97 Å². The summed E-state index contributed by atoms with van der Waals surface area (Å²) in [6, 6.07) is 7.23. The first-order valence-electron chi connectivity index (χ1n) is 6.24. The fourth-order valence-electron chi connectivity index (χ4n) is 1.83. The summed E-state index contributed by atoms with van der Waals surface area (Å²) in [6.07, 6.45) is 3.07. The Hall–Kier alpha value is -2.83. The van der Waals surface area contributed by atoms with Crippen LogP contribution in [0.2, 0.25) is 0 Å². The molecule has 1 amide bonds. The number of carbonyl (C=O) groups excluding carboxylic acids is 1. The minimum Gasteiger partial charge on any atom is -0.497 e. The van der Waals surface area contributed by atoms with E-state index in [2.05, 4.69) is 10.4 Å². The molecule has 0 atom stereocenters. The number of aromatic nitrogens is 2. The van der Waals surface area contributed by atoms with Crippen LogP contribution in [-0.2, 0) is 22.6 Å². The zero-order chi connectivity index (χ0) is 15.2. The zero-order valence-electron chi connectivity index (χ0n) is 11.4. The predicted octanol–water partition coefficient (Wildman–Crippen LogP) is 1.16. The second kappa shape index (κ2) is 6.56. The average Bonchev–Trinajstić information content (AvgIpc) is 2.85. The number of aliphatic carboxylic acids is 1. The SMILES string of the molecule is COc1cccc(CC(=O)Nc2cnn(CC(=O)O)c2)c1. The van der Waals surface area contributed by atoms with Crippen LogP contribution in [-0.4, -0.2) is 33.9 Å². The molecule has 0 saturated heterocycles. The van der Waals surface area contributed by atoms with Gasteiger partial charge in [0.25, 0.3) is 0 Å². The number of carboxylic acid groups (broad SMARTS) is 1. The van der Waals surface area contributed by atoms with E-state index in [4.69, 9.17) is 9.84 Å². The third-order valence-electron chi connectivity index (χ3n) is 2.71. The maximum absolute atomic E-state index is 11.9. The Morgan fingerprint density at radius 3 is 2.95 bits per heavy atom. The average molecular weight is 289 g/mol. The molecular weight excluding hydrogens is 274 g/mol. The number of ether oxygens (including phenoxy) is 1. The Bertz CT molecular complexity index is 651. The van der Waals surface area contributed by atoms with Crippen LogP contribution in [0.3, 0.4) is 0 Å². The van der Waals surface area contributed by atoms with Crippen LogP contribution in [0.15, 0.2) is 36.7 Å². The Kier molecular flexibility index (Phi) is 4.55. The van der Waals surface area contributed by atoms with Gasteiger partial charge in [-0.3, -0.25) is 14.3 Å². The van der Waals surface area contributed by atoms with Crippen LogP contribution in [0.4, 0.5) is 5.69 Å². The minimum absolute atomic E-state index is 0.196. The van der Waals surface area contributed by atoms with E-state index in [0.717, 1.165) is 5.56 Å². The van der Waals surface area contributed by atoms with Gasteiger partial charge in [0.1, 0.15) is 12.3 Å². The van der Waals surface area contributed by atoms with Crippen LogP contribution in [0.25, 0.3) is 0 Å². The first kappa shape index (κ1) is 14.6. The quantitative estimate of drug-likeness (QED) is 0.832. The fraction of sp³-hybridized carbons (Fsp3) is 0.214. The molecule has 0 aliphatic heterocycles. The Morgan fingerprint density at radius 2 is 2.24 bits per heavy atom. The number of hydrogen-bond acceptors (Lipinski definition) is 4. The van der Waals surface area contributed by atoms with Crippen LogP contribution in [0, 0.1) is 0 Å². The molecule has 0 radical (unpaired) electrons. The van der Waals surface area contributed by atoms with E-state index in [1.807, 2.05) is 12.1 Å². The molecule has 7 nitrogen and oxygen atoms in total. The van der Waals surface area contributed by atoms with Crippen LogP contribution < -0.4 is 10.1 Å². The molecule has 0 unspecified atom stereocenters. The molecule has 0 fully saturated rings. The molecule has 110 valence electrons. The summed E-state index contributed by atoms with van der Waals surface area (Å²) >= 11 is 0. The highest BCUT2D eigenvalue weighted by Gasteiger charge is 2.08. The Labute approximate surface area is 121 Å². The summed E-state index contributed by atoms with van der Waals surface area (Å²) in [5.41, 5.74) is 1.29. The molecule has 1 aromatic heterocycles. The van der Waals surface area contributed by atoms with Gasteiger partial charge in [-0.05, 0) is 17.7 Å².